The Labute approximate surface area is 62.5 Å². The fraction of sp³-hybridized carbons (Fsp3) is 0.875. The molecule has 2 nitrogen and oxygen atoms in total. The van der Waals surface area contributed by atoms with E-state index in [0.717, 1.165) is 19.3 Å². The van der Waals surface area contributed by atoms with Crippen LogP contribution in [0.1, 0.15) is 32.6 Å². The van der Waals surface area contributed by atoms with Gasteiger partial charge in [-0.1, -0.05) is 13.3 Å². The summed E-state index contributed by atoms with van der Waals surface area (Å²) in [5.74, 6) is 0.352. The van der Waals surface area contributed by atoms with Gasteiger partial charge in [-0.15, -0.1) is 0 Å². The van der Waals surface area contributed by atoms with Crippen molar-refractivity contribution in [3.63, 3.8) is 0 Å². The number of hydrogen-bond donors (Lipinski definition) is 1. The molecule has 1 N–H and O–H groups in total. The van der Waals surface area contributed by atoms with Gasteiger partial charge in [-0.05, 0) is 18.8 Å². The molecule has 0 bridgehead atoms. The first-order valence-corrected chi connectivity index (χ1v) is 3.83. The lowest BCUT2D eigenvalue weighted by Gasteiger charge is -2.09. The Kier molecular flexibility index (Phi) is 6.21. The van der Waals surface area contributed by atoms with E-state index in [1.807, 2.05) is 0 Å². The minimum absolute atomic E-state index is 0.232. The summed E-state index contributed by atoms with van der Waals surface area (Å²) in [7, 11) is 0. The van der Waals surface area contributed by atoms with Gasteiger partial charge in [-0.25, -0.2) is 0 Å². The van der Waals surface area contributed by atoms with Gasteiger partial charge in [0.1, 0.15) is 0 Å². The van der Waals surface area contributed by atoms with Crippen molar-refractivity contribution < 1.29 is 5.11 Å². The van der Waals surface area contributed by atoms with Crippen LogP contribution in [0.25, 0.3) is 0 Å². The van der Waals surface area contributed by atoms with Crippen LogP contribution < -0.4 is 0 Å². The molecule has 0 aliphatic rings. The highest BCUT2D eigenvalue weighted by Gasteiger charge is 2.04. The SMILES string of the molecule is CCCC(CO)CCC#N. The van der Waals surface area contributed by atoms with Gasteiger partial charge in [0.15, 0.2) is 0 Å². The first-order valence-electron chi connectivity index (χ1n) is 3.83. The molecule has 0 aliphatic carbocycles. The molecule has 2 heteroatoms. The topological polar surface area (TPSA) is 44.0 Å². The number of rotatable bonds is 5. The number of hydrogen-bond acceptors (Lipinski definition) is 2. The molecule has 58 valence electrons. The van der Waals surface area contributed by atoms with Gasteiger partial charge in [0, 0.05) is 13.0 Å². The summed E-state index contributed by atoms with van der Waals surface area (Å²) in [5.41, 5.74) is 0. The van der Waals surface area contributed by atoms with Crippen LogP contribution in [0.15, 0.2) is 0 Å². The van der Waals surface area contributed by atoms with Gasteiger partial charge in [-0.3, -0.25) is 0 Å². The maximum absolute atomic E-state index is 8.77. The second-order valence-corrected chi connectivity index (χ2v) is 2.53. The molecule has 0 fully saturated rings. The summed E-state index contributed by atoms with van der Waals surface area (Å²) in [6.07, 6.45) is 3.56. The van der Waals surface area contributed by atoms with E-state index in [-0.39, 0.29) is 6.61 Å². The van der Waals surface area contributed by atoms with E-state index in [4.69, 9.17) is 10.4 Å². The minimum atomic E-state index is 0.232. The van der Waals surface area contributed by atoms with Gasteiger partial charge in [0.25, 0.3) is 0 Å². The zero-order valence-electron chi connectivity index (χ0n) is 6.51. The first-order chi connectivity index (χ1) is 4.85. The summed E-state index contributed by atoms with van der Waals surface area (Å²) in [6.45, 7) is 2.32. The Morgan fingerprint density at radius 1 is 1.50 bits per heavy atom. The van der Waals surface area contributed by atoms with Crippen molar-refractivity contribution in [2.75, 3.05) is 6.61 Å². The van der Waals surface area contributed by atoms with E-state index in [0.29, 0.717) is 12.3 Å². The lowest BCUT2D eigenvalue weighted by Crippen LogP contribution is -2.04. The molecule has 0 spiro atoms. The highest BCUT2D eigenvalue weighted by atomic mass is 16.3. The maximum Gasteiger partial charge on any atom is 0.0621 e. The third kappa shape index (κ3) is 4.34. The van der Waals surface area contributed by atoms with E-state index < -0.39 is 0 Å². The molecule has 0 amide bonds. The van der Waals surface area contributed by atoms with Gasteiger partial charge >= 0.3 is 0 Å². The molecule has 10 heavy (non-hydrogen) atoms. The van der Waals surface area contributed by atoms with Crippen molar-refractivity contribution in [2.45, 2.75) is 32.6 Å². The molecular formula is C8H15NO. The second-order valence-electron chi connectivity index (χ2n) is 2.53. The fourth-order valence-electron chi connectivity index (χ4n) is 1.00. The van der Waals surface area contributed by atoms with E-state index >= 15 is 0 Å². The Morgan fingerprint density at radius 2 is 2.20 bits per heavy atom. The normalized spacial score (nSPS) is 12.5. The Balaban J connectivity index is 3.32. The lowest BCUT2D eigenvalue weighted by atomic mass is 10.00. The van der Waals surface area contributed by atoms with E-state index in [2.05, 4.69) is 13.0 Å². The zero-order chi connectivity index (χ0) is 7.82. The van der Waals surface area contributed by atoms with Crippen LogP contribution in [0.3, 0.4) is 0 Å². The van der Waals surface area contributed by atoms with Crippen molar-refractivity contribution in [3.8, 4) is 6.07 Å². The molecule has 0 radical (unpaired) electrons. The average Bonchev–Trinajstić information content (AvgIpc) is 1.98. The van der Waals surface area contributed by atoms with Crippen molar-refractivity contribution in [1.29, 1.82) is 5.26 Å². The van der Waals surface area contributed by atoms with Gasteiger partial charge < -0.3 is 5.11 Å². The summed E-state index contributed by atoms with van der Waals surface area (Å²) < 4.78 is 0. The van der Waals surface area contributed by atoms with Crippen molar-refractivity contribution >= 4 is 0 Å². The fourth-order valence-corrected chi connectivity index (χ4v) is 1.00. The molecule has 0 aromatic heterocycles. The summed E-state index contributed by atoms with van der Waals surface area (Å²) >= 11 is 0. The van der Waals surface area contributed by atoms with Gasteiger partial charge in [0.2, 0.25) is 0 Å². The monoisotopic (exact) mass is 141 g/mol. The molecule has 0 rings (SSSR count). The number of nitriles is 1. The first kappa shape index (κ1) is 9.45. The van der Waals surface area contributed by atoms with Crippen LogP contribution in [0.2, 0.25) is 0 Å². The van der Waals surface area contributed by atoms with E-state index in [9.17, 15) is 0 Å². The van der Waals surface area contributed by atoms with Crippen molar-refractivity contribution in [1.82, 2.24) is 0 Å². The van der Waals surface area contributed by atoms with Crippen LogP contribution in [-0.2, 0) is 0 Å². The predicted molar refractivity (Wildman–Crippen MR) is 40.3 cm³/mol. The predicted octanol–water partition coefficient (Wildman–Crippen LogP) is 1.70. The summed E-state index contributed by atoms with van der Waals surface area (Å²) in [6, 6.07) is 2.08. The summed E-state index contributed by atoms with van der Waals surface area (Å²) in [5, 5.41) is 17.0. The lowest BCUT2D eigenvalue weighted by molar-refractivity contribution is 0.211. The number of aliphatic hydroxyl groups excluding tert-OH is 1. The molecule has 0 aliphatic heterocycles. The quantitative estimate of drug-likeness (QED) is 0.633. The Hall–Kier alpha value is -0.550. The highest BCUT2D eigenvalue weighted by Crippen LogP contribution is 2.11. The Bertz CT molecular complexity index is 106. The Morgan fingerprint density at radius 3 is 2.60 bits per heavy atom. The van der Waals surface area contributed by atoms with Gasteiger partial charge in [-0.2, -0.15) is 5.26 Å². The van der Waals surface area contributed by atoms with Gasteiger partial charge in [0.05, 0.1) is 6.07 Å². The number of aliphatic hydroxyl groups is 1. The summed E-state index contributed by atoms with van der Waals surface area (Å²) in [4.78, 5) is 0. The molecular weight excluding hydrogens is 126 g/mol. The largest absolute Gasteiger partial charge is 0.396 e. The third-order valence-corrected chi connectivity index (χ3v) is 1.62. The molecule has 1 unspecified atom stereocenters. The molecule has 1 atom stereocenters. The third-order valence-electron chi connectivity index (χ3n) is 1.62. The van der Waals surface area contributed by atoms with Crippen molar-refractivity contribution in [2.24, 2.45) is 5.92 Å². The van der Waals surface area contributed by atoms with E-state index in [1.54, 1.807) is 0 Å². The zero-order valence-corrected chi connectivity index (χ0v) is 6.51. The smallest absolute Gasteiger partial charge is 0.0621 e. The second kappa shape index (κ2) is 6.57. The van der Waals surface area contributed by atoms with Crippen LogP contribution in [0, 0.1) is 17.2 Å². The van der Waals surface area contributed by atoms with Crippen LogP contribution in [-0.4, -0.2) is 11.7 Å². The molecule has 0 aromatic rings. The minimum Gasteiger partial charge on any atom is -0.396 e. The molecule has 0 saturated heterocycles. The molecule has 0 heterocycles. The maximum atomic E-state index is 8.77. The number of nitrogens with zero attached hydrogens (tertiary/aromatic N) is 1. The standard InChI is InChI=1S/C8H15NO/c1-2-4-8(7-10)5-3-6-9/h8,10H,2-5,7H2,1H3. The van der Waals surface area contributed by atoms with Crippen molar-refractivity contribution in [3.05, 3.63) is 0 Å². The van der Waals surface area contributed by atoms with E-state index in [1.165, 1.54) is 0 Å². The van der Waals surface area contributed by atoms with Crippen LogP contribution in [0.4, 0.5) is 0 Å². The molecule has 0 aromatic carbocycles. The average molecular weight is 141 g/mol. The van der Waals surface area contributed by atoms with Crippen LogP contribution in [0.5, 0.6) is 0 Å². The highest BCUT2D eigenvalue weighted by molar-refractivity contribution is 4.71. The van der Waals surface area contributed by atoms with Crippen LogP contribution >= 0.6 is 0 Å². The molecule has 0 saturated carbocycles.